The van der Waals surface area contributed by atoms with E-state index in [0.29, 0.717) is 12.2 Å². The summed E-state index contributed by atoms with van der Waals surface area (Å²) in [6, 6.07) is -1.61. The van der Waals surface area contributed by atoms with Crippen LogP contribution < -0.4 is 5.32 Å². The van der Waals surface area contributed by atoms with Crippen LogP contribution in [0.5, 0.6) is 0 Å². The van der Waals surface area contributed by atoms with Gasteiger partial charge in [-0.2, -0.15) is 4.98 Å². The number of hydrogen-bond donors (Lipinski definition) is 2. The summed E-state index contributed by atoms with van der Waals surface area (Å²) in [5.74, 6) is -1.11. The number of carbonyl (C=O) groups excluding carboxylic acids is 2. The minimum atomic E-state index is -1.04. The van der Waals surface area contributed by atoms with Crippen molar-refractivity contribution in [2.75, 3.05) is 0 Å². The molecule has 0 saturated carbocycles. The van der Waals surface area contributed by atoms with Gasteiger partial charge in [0.1, 0.15) is 23.9 Å². The molecule has 1 aromatic rings. The Labute approximate surface area is 142 Å². The Bertz CT molecular complexity index is 703. The molecule has 2 aliphatic rings. The third-order valence-electron chi connectivity index (χ3n) is 4.13. The lowest BCUT2D eigenvalue weighted by Gasteiger charge is -2.43. The maximum atomic E-state index is 12.3. The highest BCUT2D eigenvalue weighted by Gasteiger charge is 2.64. The molecular formula is C14H18N4O5S. The maximum absolute atomic E-state index is 12.3. The third-order valence-corrected chi connectivity index (χ3v) is 5.70. The fraction of sp³-hybridized carbons (Fsp3) is 0.643. The Hall–Kier alpha value is -2.10. The number of nitrogens with one attached hydrogen (secondary N) is 1. The normalized spacial score (nSPS) is 27.5. The summed E-state index contributed by atoms with van der Waals surface area (Å²) in [5, 5.41) is 15.3. The minimum absolute atomic E-state index is 0.111. The standard InChI is InChI=1S/C14H18N4O5S/c1-4-6-15-8(23-17-6)5-7(19)16-9-11(20)18-10(13(21)22)14(2,3)24-12(9)18/h9-10,12H,4-5H2,1-3H3,(H,16,19)(H,21,22)/t9?,10-,12+/m0/s1. The third kappa shape index (κ3) is 2.64. The number of aromatic nitrogens is 2. The summed E-state index contributed by atoms with van der Waals surface area (Å²) in [5.41, 5.74) is 0. The number of amides is 2. The lowest BCUT2D eigenvalue weighted by molar-refractivity contribution is -0.161. The zero-order valence-corrected chi connectivity index (χ0v) is 14.3. The zero-order valence-electron chi connectivity index (χ0n) is 13.5. The van der Waals surface area contributed by atoms with Gasteiger partial charge in [0, 0.05) is 11.2 Å². The van der Waals surface area contributed by atoms with Crippen molar-refractivity contribution in [2.24, 2.45) is 0 Å². The van der Waals surface area contributed by atoms with Crippen LogP contribution in [0, 0.1) is 0 Å². The van der Waals surface area contributed by atoms with Crippen molar-refractivity contribution in [3.05, 3.63) is 11.7 Å². The van der Waals surface area contributed by atoms with Gasteiger partial charge in [-0.05, 0) is 13.8 Å². The van der Waals surface area contributed by atoms with Crippen molar-refractivity contribution in [1.82, 2.24) is 20.4 Å². The molecule has 0 spiro atoms. The van der Waals surface area contributed by atoms with E-state index < -0.39 is 28.7 Å². The second kappa shape index (κ2) is 5.76. The van der Waals surface area contributed by atoms with Crippen LogP contribution in [0.3, 0.4) is 0 Å². The number of nitrogens with zero attached hydrogens (tertiary/aromatic N) is 3. The van der Waals surface area contributed by atoms with E-state index in [-0.39, 0.29) is 23.6 Å². The number of carboxylic acid groups (broad SMARTS) is 1. The van der Waals surface area contributed by atoms with Gasteiger partial charge in [0.15, 0.2) is 5.82 Å². The molecule has 2 saturated heterocycles. The molecule has 0 radical (unpaired) electrons. The fourth-order valence-corrected chi connectivity index (χ4v) is 4.64. The number of fused-ring (bicyclic) bond motifs is 1. The molecule has 1 unspecified atom stereocenters. The Kier molecular flexibility index (Phi) is 4.02. The second-order valence-electron chi connectivity index (χ2n) is 6.28. The first-order valence-electron chi connectivity index (χ1n) is 7.58. The summed E-state index contributed by atoms with van der Waals surface area (Å²) in [6.45, 7) is 5.44. The highest BCUT2D eigenvalue weighted by molar-refractivity contribution is 8.01. The summed E-state index contributed by atoms with van der Waals surface area (Å²) in [4.78, 5) is 41.2. The highest BCUT2D eigenvalue weighted by atomic mass is 32.2. The van der Waals surface area contributed by atoms with E-state index in [1.54, 1.807) is 13.8 Å². The Balaban J connectivity index is 1.64. The van der Waals surface area contributed by atoms with E-state index in [9.17, 15) is 19.5 Å². The summed E-state index contributed by atoms with van der Waals surface area (Å²) in [7, 11) is 0. The van der Waals surface area contributed by atoms with Gasteiger partial charge < -0.3 is 19.8 Å². The quantitative estimate of drug-likeness (QED) is 0.697. The van der Waals surface area contributed by atoms with E-state index in [1.807, 2.05) is 6.92 Å². The first-order valence-corrected chi connectivity index (χ1v) is 8.46. The van der Waals surface area contributed by atoms with E-state index in [4.69, 9.17) is 4.52 Å². The molecule has 3 heterocycles. The summed E-state index contributed by atoms with van der Waals surface area (Å²) >= 11 is 1.38. The average molecular weight is 354 g/mol. The van der Waals surface area contributed by atoms with Gasteiger partial charge in [0.2, 0.25) is 17.7 Å². The van der Waals surface area contributed by atoms with Gasteiger partial charge in [0.25, 0.3) is 0 Å². The van der Waals surface area contributed by atoms with Crippen molar-refractivity contribution in [1.29, 1.82) is 0 Å². The van der Waals surface area contributed by atoms with E-state index in [0.717, 1.165) is 0 Å². The molecule has 3 atom stereocenters. The van der Waals surface area contributed by atoms with Crippen LogP contribution in [0.2, 0.25) is 0 Å². The second-order valence-corrected chi connectivity index (χ2v) is 8.05. The molecule has 1 aromatic heterocycles. The highest BCUT2D eigenvalue weighted by Crippen LogP contribution is 2.50. The lowest BCUT2D eigenvalue weighted by atomic mass is 9.96. The van der Waals surface area contributed by atoms with Crippen molar-refractivity contribution in [3.63, 3.8) is 0 Å². The van der Waals surface area contributed by atoms with Crippen molar-refractivity contribution < 1.29 is 24.0 Å². The van der Waals surface area contributed by atoms with Gasteiger partial charge in [-0.15, -0.1) is 11.8 Å². The number of aryl methyl sites for hydroxylation is 1. The van der Waals surface area contributed by atoms with Crippen LogP contribution in [0.15, 0.2) is 4.52 Å². The maximum Gasteiger partial charge on any atom is 0.327 e. The molecule has 0 aromatic carbocycles. The molecule has 24 heavy (non-hydrogen) atoms. The Morgan fingerprint density at radius 2 is 2.17 bits per heavy atom. The molecule has 2 N–H and O–H groups in total. The van der Waals surface area contributed by atoms with Gasteiger partial charge in [-0.25, -0.2) is 4.79 Å². The largest absolute Gasteiger partial charge is 0.480 e. The average Bonchev–Trinajstić information content (AvgIpc) is 3.04. The number of hydrogen-bond acceptors (Lipinski definition) is 7. The minimum Gasteiger partial charge on any atom is -0.480 e. The first kappa shape index (κ1) is 16.7. The summed E-state index contributed by atoms with van der Waals surface area (Å²) in [6.07, 6.45) is 0.492. The molecule has 2 amide bonds. The Morgan fingerprint density at radius 1 is 1.46 bits per heavy atom. The van der Waals surface area contributed by atoms with Crippen molar-refractivity contribution >= 4 is 29.5 Å². The topological polar surface area (TPSA) is 126 Å². The van der Waals surface area contributed by atoms with Gasteiger partial charge >= 0.3 is 5.97 Å². The molecule has 10 heteroatoms. The van der Waals surface area contributed by atoms with Crippen LogP contribution in [0.1, 0.15) is 32.5 Å². The molecule has 3 rings (SSSR count). The fourth-order valence-electron chi connectivity index (χ4n) is 3.01. The summed E-state index contributed by atoms with van der Waals surface area (Å²) < 4.78 is 4.34. The molecule has 9 nitrogen and oxygen atoms in total. The molecule has 0 bridgehead atoms. The van der Waals surface area contributed by atoms with Gasteiger partial charge in [0.05, 0.1) is 0 Å². The SMILES string of the molecule is CCc1noc(CC(=O)NC2C(=O)N3[C@@H]2SC(C)(C)[C@@H]3C(=O)O)n1. The molecular weight excluding hydrogens is 336 g/mol. The van der Waals surface area contributed by atoms with Gasteiger partial charge in [-0.1, -0.05) is 12.1 Å². The van der Waals surface area contributed by atoms with Crippen LogP contribution >= 0.6 is 11.8 Å². The van der Waals surface area contributed by atoms with Crippen LogP contribution in [0.4, 0.5) is 0 Å². The number of thioether (sulfide) groups is 1. The number of carboxylic acids is 1. The van der Waals surface area contributed by atoms with Crippen LogP contribution in [-0.2, 0) is 27.2 Å². The van der Waals surface area contributed by atoms with Gasteiger partial charge in [-0.3, -0.25) is 9.59 Å². The van der Waals surface area contributed by atoms with E-state index in [2.05, 4.69) is 15.5 Å². The van der Waals surface area contributed by atoms with Crippen LogP contribution in [0.25, 0.3) is 0 Å². The number of carbonyl (C=O) groups is 3. The molecule has 0 aliphatic carbocycles. The molecule has 2 aliphatic heterocycles. The number of rotatable bonds is 5. The Morgan fingerprint density at radius 3 is 2.75 bits per heavy atom. The monoisotopic (exact) mass is 354 g/mol. The van der Waals surface area contributed by atoms with Crippen molar-refractivity contribution in [3.8, 4) is 0 Å². The molecule has 2 fully saturated rings. The predicted octanol–water partition coefficient (Wildman–Crippen LogP) is -0.194. The lowest BCUT2D eigenvalue weighted by Crippen LogP contribution is -2.70. The predicted molar refractivity (Wildman–Crippen MR) is 83.0 cm³/mol. The van der Waals surface area contributed by atoms with Crippen molar-refractivity contribution in [2.45, 2.75) is 55.8 Å². The van der Waals surface area contributed by atoms with Crippen LogP contribution in [-0.4, -0.2) is 60.1 Å². The first-order chi connectivity index (χ1) is 11.2. The number of aliphatic carboxylic acids is 1. The zero-order chi connectivity index (χ0) is 17.6. The van der Waals surface area contributed by atoms with E-state index in [1.165, 1.54) is 16.7 Å². The molecule has 130 valence electrons. The number of β-lactam (4-membered cyclic amide) rings is 1. The van der Waals surface area contributed by atoms with E-state index >= 15 is 0 Å². The smallest absolute Gasteiger partial charge is 0.327 e.